The number of hydroxylamine groups is 2. The van der Waals surface area contributed by atoms with E-state index in [1.165, 1.54) is 0 Å². The largest absolute Gasteiger partial charge is 0.471 e. The Kier molecular flexibility index (Phi) is 8.61. The highest BCUT2D eigenvalue weighted by Gasteiger charge is 2.38. The first kappa shape index (κ1) is 25.2. The maximum Gasteiger partial charge on any atom is 0.471 e. The Hall–Kier alpha value is -2.86. The van der Waals surface area contributed by atoms with Crippen molar-refractivity contribution in [3.8, 4) is 0 Å². The van der Waals surface area contributed by atoms with Crippen molar-refractivity contribution in [2.24, 2.45) is 0 Å². The third-order valence-corrected chi connectivity index (χ3v) is 3.63. The maximum absolute atomic E-state index is 12.3. The van der Waals surface area contributed by atoms with Crippen LogP contribution in [0.15, 0.2) is 0 Å². The van der Waals surface area contributed by atoms with E-state index in [1.54, 1.807) is 26.1 Å². The number of hydrogen-bond acceptors (Lipinski definition) is 7. The van der Waals surface area contributed by atoms with Crippen LogP contribution in [-0.2, 0) is 28.8 Å². The van der Waals surface area contributed by atoms with Gasteiger partial charge in [-0.15, -0.1) is 5.06 Å². The van der Waals surface area contributed by atoms with Crippen LogP contribution in [0.25, 0.3) is 0 Å². The minimum atomic E-state index is -5.00. The molecule has 0 saturated carbocycles. The third-order valence-electron chi connectivity index (χ3n) is 3.63. The van der Waals surface area contributed by atoms with Gasteiger partial charge in [0.15, 0.2) is 0 Å². The number of ether oxygens (including phenoxy) is 1. The Morgan fingerprint density at radius 1 is 1.07 bits per heavy atom. The lowest BCUT2D eigenvalue weighted by Gasteiger charge is -2.23. The SMILES string of the molecule is CC(C)(C)OC(=O)NC(CCCCNC(=O)C(F)(F)F)C(=O)ON1C(=O)CCC1=O. The molecule has 1 aliphatic rings. The number of nitrogens with zero attached hydrogens (tertiary/aromatic N) is 1. The highest BCUT2D eigenvalue weighted by Crippen LogP contribution is 2.16. The van der Waals surface area contributed by atoms with Gasteiger partial charge in [-0.3, -0.25) is 14.4 Å². The van der Waals surface area contributed by atoms with Gasteiger partial charge >= 0.3 is 24.1 Å². The van der Waals surface area contributed by atoms with Gasteiger partial charge in [0, 0.05) is 19.4 Å². The molecule has 4 amide bonds. The lowest BCUT2D eigenvalue weighted by Crippen LogP contribution is -2.47. The van der Waals surface area contributed by atoms with Gasteiger partial charge < -0.3 is 20.2 Å². The molecule has 13 heteroatoms. The molecule has 1 unspecified atom stereocenters. The summed E-state index contributed by atoms with van der Waals surface area (Å²) in [4.78, 5) is 63.0. The van der Waals surface area contributed by atoms with E-state index in [0.717, 1.165) is 0 Å². The van der Waals surface area contributed by atoms with E-state index < -0.39 is 47.6 Å². The number of alkyl carbamates (subject to hydrolysis) is 1. The first-order valence-corrected chi connectivity index (χ1v) is 9.13. The lowest BCUT2D eigenvalue weighted by atomic mass is 10.1. The van der Waals surface area contributed by atoms with Crippen LogP contribution < -0.4 is 10.6 Å². The summed E-state index contributed by atoms with van der Waals surface area (Å²) < 4.78 is 41.4. The Morgan fingerprint density at radius 2 is 1.63 bits per heavy atom. The molecule has 1 heterocycles. The van der Waals surface area contributed by atoms with Crippen molar-refractivity contribution in [3.63, 3.8) is 0 Å². The summed E-state index contributed by atoms with van der Waals surface area (Å²) >= 11 is 0. The van der Waals surface area contributed by atoms with E-state index >= 15 is 0 Å². The molecular weight excluding hydrogens is 415 g/mol. The fourth-order valence-corrected chi connectivity index (χ4v) is 2.29. The minimum Gasteiger partial charge on any atom is -0.444 e. The summed E-state index contributed by atoms with van der Waals surface area (Å²) in [5.74, 6) is -4.61. The highest BCUT2D eigenvalue weighted by molar-refractivity contribution is 6.01. The molecule has 0 aromatic heterocycles. The lowest BCUT2D eigenvalue weighted by molar-refractivity contribution is -0.199. The summed E-state index contributed by atoms with van der Waals surface area (Å²) in [7, 11) is 0. The second-order valence-electron chi connectivity index (χ2n) is 7.44. The molecule has 0 spiro atoms. The fraction of sp³-hybridized carbons (Fsp3) is 0.706. The Balaban J connectivity index is 2.64. The Morgan fingerprint density at radius 3 is 2.13 bits per heavy atom. The zero-order valence-electron chi connectivity index (χ0n) is 16.8. The van der Waals surface area contributed by atoms with E-state index in [-0.39, 0.29) is 38.6 Å². The van der Waals surface area contributed by atoms with Crippen molar-refractivity contribution < 1.29 is 46.7 Å². The van der Waals surface area contributed by atoms with Gasteiger partial charge in [0.25, 0.3) is 11.8 Å². The summed E-state index contributed by atoms with van der Waals surface area (Å²) in [6.07, 6.45) is -6.13. The molecule has 1 fully saturated rings. The topological polar surface area (TPSA) is 131 Å². The van der Waals surface area contributed by atoms with Crippen molar-refractivity contribution in [2.75, 3.05) is 6.54 Å². The van der Waals surface area contributed by atoms with Crippen LogP contribution in [0.4, 0.5) is 18.0 Å². The molecule has 0 aliphatic carbocycles. The van der Waals surface area contributed by atoms with Crippen molar-refractivity contribution >= 4 is 29.8 Å². The van der Waals surface area contributed by atoms with Crippen LogP contribution >= 0.6 is 0 Å². The van der Waals surface area contributed by atoms with Gasteiger partial charge in [-0.2, -0.15) is 13.2 Å². The van der Waals surface area contributed by atoms with Gasteiger partial charge in [0.1, 0.15) is 11.6 Å². The quantitative estimate of drug-likeness (QED) is 0.431. The number of alkyl halides is 3. The zero-order valence-corrected chi connectivity index (χ0v) is 16.8. The van der Waals surface area contributed by atoms with E-state index in [1.807, 2.05) is 0 Å². The van der Waals surface area contributed by atoms with Crippen molar-refractivity contribution in [1.29, 1.82) is 0 Å². The second-order valence-corrected chi connectivity index (χ2v) is 7.44. The van der Waals surface area contributed by atoms with E-state index in [9.17, 15) is 37.1 Å². The van der Waals surface area contributed by atoms with Crippen molar-refractivity contribution in [1.82, 2.24) is 15.7 Å². The van der Waals surface area contributed by atoms with Crippen LogP contribution in [0.3, 0.4) is 0 Å². The van der Waals surface area contributed by atoms with Crippen LogP contribution in [0.2, 0.25) is 0 Å². The third kappa shape index (κ3) is 8.66. The second kappa shape index (κ2) is 10.3. The standard InChI is InChI=1S/C17H24F3N3O7/c1-16(2,3)29-15(28)22-10(6-4-5-9-21-14(27)17(18,19)20)13(26)30-23-11(24)7-8-12(23)25/h10H,4-9H2,1-3H3,(H,21,27)(H,22,28). The predicted octanol–water partition coefficient (Wildman–Crippen LogP) is 1.34. The molecule has 0 aromatic carbocycles. The smallest absolute Gasteiger partial charge is 0.444 e. The number of hydrogen-bond donors (Lipinski definition) is 2. The number of halogens is 3. The number of nitrogens with one attached hydrogen (secondary N) is 2. The number of imide groups is 1. The van der Waals surface area contributed by atoms with E-state index in [0.29, 0.717) is 5.06 Å². The van der Waals surface area contributed by atoms with Gasteiger partial charge in [-0.05, 0) is 40.0 Å². The maximum atomic E-state index is 12.3. The van der Waals surface area contributed by atoms with Crippen molar-refractivity contribution in [3.05, 3.63) is 0 Å². The predicted molar refractivity (Wildman–Crippen MR) is 93.3 cm³/mol. The summed E-state index contributed by atoms with van der Waals surface area (Å²) in [6.45, 7) is 4.45. The van der Waals surface area contributed by atoms with Gasteiger partial charge in [0.05, 0.1) is 0 Å². The highest BCUT2D eigenvalue weighted by atomic mass is 19.4. The van der Waals surface area contributed by atoms with E-state index in [4.69, 9.17) is 9.57 Å². The van der Waals surface area contributed by atoms with Crippen LogP contribution in [0.1, 0.15) is 52.9 Å². The molecule has 0 aromatic rings. The number of carbonyl (C=O) groups excluding carboxylic acids is 5. The molecular formula is C17H24F3N3O7. The number of rotatable bonds is 8. The van der Waals surface area contributed by atoms with Gasteiger partial charge in [-0.25, -0.2) is 9.59 Å². The first-order valence-electron chi connectivity index (χ1n) is 9.13. The number of amides is 4. The molecule has 0 radical (unpaired) electrons. The normalized spacial score (nSPS) is 15.6. The van der Waals surface area contributed by atoms with Gasteiger partial charge in [-0.1, -0.05) is 0 Å². The van der Waals surface area contributed by atoms with Crippen LogP contribution in [0.5, 0.6) is 0 Å². The van der Waals surface area contributed by atoms with E-state index in [2.05, 4.69) is 5.32 Å². The van der Waals surface area contributed by atoms with Crippen LogP contribution in [-0.4, -0.2) is 59.2 Å². The molecule has 30 heavy (non-hydrogen) atoms. The Labute approximate surface area is 170 Å². The molecule has 10 nitrogen and oxygen atoms in total. The van der Waals surface area contributed by atoms with Crippen molar-refractivity contribution in [2.45, 2.75) is 70.7 Å². The molecule has 0 bridgehead atoms. The molecule has 1 aliphatic heterocycles. The fourth-order valence-electron chi connectivity index (χ4n) is 2.29. The summed E-state index contributed by atoms with van der Waals surface area (Å²) in [5, 5.41) is 4.24. The monoisotopic (exact) mass is 439 g/mol. The van der Waals surface area contributed by atoms with Crippen LogP contribution in [0, 0.1) is 0 Å². The average Bonchev–Trinajstić information content (AvgIpc) is 2.89. The molecule has 1 atom stereocenters. The average molecular weight is 439 g/mol. The minimum absolute atomic E-state index is 0.0587. The first-order chi connectivity index (χ1) is 13.7. The number of unbranched alkanes of at least 4 members (excludes halogenated alkanes) is 1. The van der Waals surface area contributed by atoms with Gasteiger partial charge in [0.2, 0.25) is 0 Å². The number of carbonyl (C=O) groups is 5. The molecule has 1 saturated heterocycles. The molecule has 1 rings (SSSR count). The molecule has 2 N–H and O–H groups in total. The Bertz CT molecular complexity index is 673. The molecule has 170 valence electrons. The zero-order chi connectivity index (χ0) is 23.1. The summed E-state index contributed by atoms with van der Waals surface area (Å²) in [6, 6.07) is -1.33. The summed E-state index contributed by atoms with van der Waals surface area (Å²) in [5.41, 5.74) is -0.874.